The number of fused-ring (bicyclic) bond motifs is 6. The summed E-state index contributed by atoms with van der Waals surface area (Å²) in [5.74, 6) is 2.04. The van der Waals surface area contributed by atoms with Gasteiger partial charge in [-0.15, -0.1) is 53.6 Å². The monoisotopic (exact) mass is 980 g/mol. The van der Waals surface area contributed by atoms with Gasteiger partial charge in [0.1, 0.15) is 5.82 Å². The Morgan fingerprint density at radius 3 is 1.94 bits per heavy atom. The molecule has 0 N–H and O–H groups in total. The van der Waals surface area contributed by atoms with E-state index in [4.69, 9.17) is 9.72 Å². The largest absolute Gasteiger partial charge is 0.509 e. The zero-order chi connectivity index (χ0) is 41.1. The van der Waals surface area contributed by atoms with E-state index in [2.05, 4.69) is 212 Å². The van der Waals surface area contributed by atoms with Gasteiger partial charge in [-0.2, -0.15) is 6.07 Å². The molecule has 5 nitrogen and oxygen atoms in total. The van der Waals surface area contributed by atoms with Gasteiger partial charge in [0.05, 0.1) is 0 Å². The van der Waals surface area contributed by atoms with Gasteiger partial charge >= 0.3 is 0 Å². The van der Waals surface area contributed by atoms with Gasteiger partial charge in [-0.3, -0.25) is 0 Å². The summed E-state index contributed by atoms with van der Waals surface area (Å²) in [6.45, 7) is 8.95. The molecule has 2 aromatic heterocycles. The zero-order valence-corrected chi connectivity index (χ0v) is 36.8. The molecule has 10 aromatic rings. The van der Waals surface area contributed by atoms with Crippen molar-refractivity contribution in [3.8, 4) is 39.6 Å². The average Bonchev–Trinajstić information content (AvgIpc) is 3.85. The van der Waals surface area contributed by atoms with Crippen molar-refractivity contribution in [2.75, 3.05) is 9.80 Å². The number of nitrogens with zero attached hydrogens (tertiary/aromatic N) is 4. The fourth-order valence-corrected chi connectivity index (χ4v) is 8.71. The molecule has 0 unspecified atom stereocenters. The van der Waals surface area contributed by atoms with Crippen molar-refractivity contribution in [2.45, 2.75) is 26.2 Å². The summed E-state index contributed by atoms with van der Waals surface area (Å²) in [6.07, 6.45) is 1.82. The molecular formula is C56H41N4OPt-3. The molecular weight excluding hydrogens is 940 g/mol. The van der Waals surface area contributed by atoms with Crippen molar-refractivity contribution in [2.24, 2.45) is 0 Å². The molecule has 0 saturated heterocycles. The second-order valence-corrected chi connectivity index (χ2v) is 16.5. The van der Waals surface area contributed by atoms with Crippen molar-refractivity contribution in [1.82, 2.24) is 9.55 Å². The number of hydrogen-bond donors (Lipinski definition) is 0. The van der Waals surface area contributed by atoms with Gasteiger partial charge in [0.15, 0.2) is 0 Å². The molecule has 0 atom stereocenters. The van der Waals surface area contributed by atoms with Crippen LogP contribution in [0.5, 0.6) is 11.5 Å². The summed E-state index contributed by atoms with van der Waals surface area (Å²) in [5, 5.41) is 4.56. The van der Waals surface area contributed by atoms with E-state index in [0.29, 0.717) is 11.5 Å². The number of aromatic nitrogens is 2. The Kier molecular flexibility index (Phi) is 10.0. The van der Waals surface area contributed by atoms with Crippen molar-refractivity contribution in [3.05, 3.63) is 213 Å². The minimum atomic E-state index is -0.187. The Balaban J connectivity index is 0.00000458. The van der Waals surface area contributed by atoms with Crippen molar-refractivity contribution in [1.29, 1.82) is 0 Å². The Morgan fingerprint density at radius 2 is 1.23 bits per heavy atom. The van der Waals surface area contributed by atoms with Crippen LogP contribution in [0.3, 0.4) is 0 Å². The van der Waals surface area contributed by atoms with Crippen LogP contribution in [0.2, 0.25) is 0 Å². The number of rotatable bonds is 7. The smallest absolute Gasteiger partial charge is 0.135 e. The molecule has 1 aliphatic rings. The molecule has 3 heterocycles. The summed E-state index contributed by atoms with van der Waals surface area (Å²) < 4.78 is 8.99. The maximum absolute atomic E-state index is 6.83. The maximum atomic E-state index is 6.83. The molecule has 0 radical (unpaired) electrons. The van der Waals surface area contributed by atoms with E-state index in [0.717, 1.165) is 83.6 Å². The van der Waals surface area contributed by atoms with E-state index < -0.39 is 0 Å². The van der Waals surface area contributed by atoms with Crippen LogP contribution in [0.25, 0.3) is 60.6 Å². The summed E-state index contributed by atoms with van der Waals surface area (Å²) in [7, 11) is 0. The first-order valence-corrected chi connectivity index (χ1v) is 20.7. The first kappa shape index (κ1) is 39.2. The number of para-hydroxylation sites is 2. The second kappa shape index (κ2) is 15.8. The van der Waals surface area contributed by atoms with E-state index in [1.54, 1.807) is 0 Å². The fourth-order valence-electron chi connectivity index (χ4n) is 8.71. The van der Waals surface area contributed by atoms with Crippen LogP contribution in [0.15, 0.2) is 188 Å². The molecule has 304 valence electrons. The van der Waals surface area contributed by atoms with Crippen LogP contribution in [0.4, 0.5) is 22.7 Å². The number of hydrogen-bond acceptors (Lipinski definition) is 4. The zero-order valence-electron chi connectivity index (χ0n) is 34.5. The van der Waals surface area contributed by atoms with E-state index in [9.17, 15) is 0 Å². The van der Waals surface area contributed by atoms with Crippen LogP contribution in [-0.2, 0) is 26.5 Å². The summed E-state index contributed by atoms with van der Waals surface area (Å²) in [4.78, 5) is 9.38. The number of benzene rings is 8. The standard InChI is InChI=1S/C56H41N4O.Pt/c1-56(2,3)41-33-42(35-44(34-41)61-43-29-30-49-48-23-12-13-26-50(48)60(52(49)36-43)53-27-14-15-32-57-53)58-37-59(55-47-22-11-10-21-40(47)28-31-51(55)58)54-45(38-17-6-4-7-18-38)24-16-25-46(54)39-19-8-5-9-20-39;/h4-34,37H,1-3H3;/q-3;. The molecule has 0 bridgehead atoms. The fraction of sp³-hybridized carbons (Fsp3) is 0.0714. The van der Waals surface area contributed by atoms with Gasteiger partial charge in [0, 0.05) is 77.9 Å². The molecule has 0 saturated carbocycles. The first-order valence-electron chi connectivity index (χ1n) is 20.7. The molecule has 62 heavy (non-hydrogen) atoms. The predicted octanol–water partition coefficient (Wildman–Crippen LogP) is 14.8. The first-order chi connectivity index (χ1) is 29.9. The Bertz CT molecular complexity index is 3190. The van der Waals surface area contributed by atoms with Crippen LogP contribution in [0, 0.1) is 18.8 Å². The second-order valence-electron chi connectivity index (χ2n) is 16.5. The Morgan fingerprint density at radius 1 is 0.548 bits per heavy atom. The van der Waals surface area contributed by atoms with E-state index in [-0.39, 0.29) is 26.5 Å². The maximum Gasteiger partial charge on any atom is 0.135 e. The number of pyridine rings is 1. The number of ether oxygens (including phenoxy) is 1. The van der Waals surface area contributed by atoms with Gasteiger partial charge < -0.3 is 19.1 Å². The normalized spacial score (nSPS) is 12.5. The van der Waals surface area contributed by atoms with Crippen LogP contribution in [-0.4, -0.2) is 9.55 Å². The molecule has 6 heteroatoms. The van der Waals surface area contributed by atoms with Gasteiger partial charge in [-0.1, -0.05) is 160 Å². The Labute approximate surface area is 376 Å². The third-order valence-electron chi connectivity index (χ3n) is 11.7. The van der Waals surface area contributed by atoms with Crippen molar-refractivity contribution >= 4 is 55.3 Å². The predicted molar refractivity (Wildman–Crippen MR) is 251 cm³/mol. The van der Waals surface area contributed by atoms with Gasteiger partial charge in [0.2, 0.25) is 0 Å². The molecule has 0 spiro atoms. The Hall–Kier alpha value is -6.94. The SMILES string of the molecule is CC(C)(C)c1cc(Oc2[c-]c3c(cc2)c2ccccc2n3-c2ccccn2)[c-]c(N2[CH-]N(c3c(-c4ccccc4)cccc3-c3ccccc3)c3c2ccc2ccccc32)c1.[Pt]. The molecule has 11 rings (SSSR count). The van der Waals surface area contributed by atoms with Crippen LogP contribution >= 0.6 is 0 Å². The molecule has 0 fully saturated rings. The van der Waals surface area contributed by atoms with Gasteiger partial charge in [-0.25, -0.2) is 4.98 Å². The molecule has 0 amide bonds. The molecule has 8 aromatic carbocycles. The van der Waals surface area contributed by atoms with Crippen LogP contribution < -0.4 is 14.5 Å². The quantitative estimate of drug-likeness (QED) is 0.149. The van der Waals surface area contributed by atoms with Crippen molar-refractivity contribution < 1.29 is 25.8 Å². The number of anilines is 4. The molecule has 0 aliphatic carbocycles. The van der Waals surface area contributed by atoms with E-state index in [1.165, 1.54) is 5.39 Å². The third-order valence-corrected chi connectivity index (χ3v) is 11.7. The minimum Gasteiger partial charge on any atom is -0.509 e. The third kappa shape index (κ3) is 6.83. The summed E-state index contributed by atoms with van der Waals surface area (Å²) in [5.41, 5.74) is 11.6. The van der Waals surface area contributed by atoms with Gasteiger partial charge in [-0.05, 0) is 51.6 Å². The topological polar surface area (TPSA) is 33.5 Å². The van der Waals surface area contributed by atoms with Gasteiger partial charge in [0.25, 0.3) is 0 Å². The van der Waals surface area contributed by atoms with E-state index >= 15 is 0 Å². The van der Waals surface area contributed by atoms with E-state index in [1.807, 2.05) is 30.5 Å². The van der Waals surface area contributed by atoms with Crippen LogP contribution in [0.1, 0.15) is 26.3 Å². The average molecular weight is 981 g/mol. The minimum absolute atomic E-state index is 0. The summed E-state index contributed by atoms with van der Waals surface area (Å²) >= 11 is 0. The van der Waals surface area contributed by atoms with Crippen molar-refractivity contribution in [3.63, 3.8) is 0 Å². The summed E-state index contributed by atoms with van der Waals surface area (Å²) in [6, 6.07) is 71.4. The molecule has 1 aliphatic heterocycles.